The highest BCUT2D eigenvalue weighted by Gasteiger charge is 2.16. The van der Waals surface area contributed by atoms with Gasteiger partial charge in [-0.05, 0) is 48.5 Å². The number of anilines is 3. The second-order valence-corrected chi connectivity index (χ2v) is 6.41. The molecule has 26 heavy (non-hydrogen) atoms. The van der Waals surface area contributed by atoms with Gasteiger partial charge in [0.25, 0.3) is 5.91 Å². The van der Waals surface area contributed by atoms with Crippen LogP contribution in [-0.2, 0) is 13.1 Å². The smallest absolute Gasteiger partial charge is 0.255 e. The number of carbonyl (C=O) groups excluding carboxylic acids is 1. The number of fused-ring (bicyclic) bond motifs is 1. The molecule has 0 spiro atoms. The Kier molecular flexibility index (Phi) is 4.33. The lowest BCUT2D eigenvalue weighted by Crippen LogP contribution is -2.12. The Hall–Kier alpha value is -3.25. The van der Waals surface area contributed by atoms with Crippen LogP contribution in [0.15, 0.2) is 61.1 Å². The van der Waals surface area contributed by atoms with E-state index in [0.717, 1.165) is 24.5 Å². The molecule has 0 unspecified atom stereocenters. The summed E-state index contributed by atoms with van der Waals surface area (Å²) < 4.78 is 0. The van der Waals surface area contributed by atoms with Gasteiger partial charge in [0.15, 0.2) is 0 Å². The van der Waals surface area contributed by atoms with E-state index < -0.39 is 0 Å². The summed E-state index contributed by atoms with van der Waals surface area (Å²) in [6, 6.07) is 13.4. The van der Waals surface area contributed by atoms with Gasteiger partial charge in [-0.2, -0.15) is 0 Å². The van der Waals surface area contributed by atoms with E-state index in [1.165, 1.54) is 11.1 Å². The SMILES string of the molecule is CN1Cc2ccc(NC(=O)c3cccc(Nc4cnccn4)c3)cc2C1. The molecule has 6 heteroatoms. The zero-order valence-corrected chi connectivity index (χ0v) is 14.4. The molecule has 0 saturated carbocycles. The lowest BCUT2D eigenvalue weighted by atomic mass is 10.1. The maximum absolute atomic E-state index is 12.6. The molecule has 0 fully saturated rings. The maximum Gasteiger partial charge on any atom is 0.255 e. The van der Waals surface area contributed by atoms with Gasteiger partial charge >= 0.3 is 0 Å². The molecular weight excluding hydrogens is 326 g/mol. The molecule has 130 valence electrons. The fourth-order valence-electron chi connectivity index (χ4n) is 3.10. The van der Waals surface area contributed by atoms with Crippen molar-refractivity contribution in [3.63, 3.8) is 0 Å². The Balaban J connectivity index is 1.48. The number of rotatable bonds is 4. The fraction of sp³-hybridized carbons (Fsp3) is 0.150. The Labute approximate surface area is 151 Å². The number of carbonyl (C=O) groups is 1. The van der Waals surface area contributed by atoms with Gasteiger partial charge in [-0.1, -0.05) is 12.1 Å². The molecule has 6 nitrogen and oxygen atoms in total. The van der Waals surface area contributed by atoms with Gasteiger partial charge in [-0.15, -0.1) is 0 Å². The van der Waals surface area contributed by atoms with E-state index in [4.69, 9.17) is 0 Å². The van der Waals surface area contributed by atoms with E-state index in [0.29, 0.717) is 11.4 Å². The number of nitrogens with one attached hydrogen (secondary N) is 2. The van der Waals surface area contributed by atoms with Crippen molar-refractivity contribution < 1.29 is 4.79 Å². The van der Waals surface area contributed by atoms with Crippen LogP contribution < -0.4 is 10.6 Å². The molecular formula is C20H19N5O. The number of benzene rings is 2. The first-order valence-corrected chi connectivity index (χ1v) is 8.42. The van der Waals surface area contributed by atoms with Crippen LogP contribution >= 0.6 is 0 Å². The van der Waals surface area contributed by atoms with Crippen LogP contribution in [0, 0.1) is 0 Å². The summed E-state index contributed by atoms with van der Waals surface area (Å²) in [7, 11) is 2.09. The van der Waals surface area contributed by atoms with Gasteiger partial charge in [0.2, 0.25) is 0 Å². The summed E-state index contributed by atoms with van der Waals surface area (Å²) in [6.45, 7) is 1.87. The number of nitrogens with zero attached hydrogens (tertiary/aromatic N) is 3. The largest absolute Gasteiger partial charge is 0.339 e. The quantitative estimate of drug-likeness (QED) is 0.758. The monoisotopic (exact) mass is 345 g/mol. The second-order valence-electron chi connectivity index (χ2n) is 6.41. The molecule has 2 heterocycles. The Bertz CT molecular complexity index is 942. The van der Waals surface area contributed by atoms with E-state index in [2.05, 4.69) is 44.7 Å². The average molecular weight is 345 g/mol. The summed E-state index contributed by atoms with van der Waals surface area (Å²) in [6.07, 6.45) is 4.86. The Morgan fingerprint density at radius 2 is 1.92 bits per heavy atom. The number of hydrogen-bond acceptors (Lipinski definition) is 5. The van der Waals surface area contributed by atoms with Gasteiger partial charge in [0.05, 0.1) is 6.20 Å². The van der Waals surface area contributed by atoms with Crippen LogP contribution in [0.3, 0.4) is 0 Å². The van der Waals surface area contributed by atoms with E-state index >= 15 is 0 Å². The summed E-state index contributed by atoms with van der Waals surface area (Å²) in [5.74, 6) is 0.492. The third-order valence-corrected chi connectivity index (χ3v) is 4.30. The standard InChI is InChI=1S/C20H19N5O/c1-25-12-15-5-6-18(10-16(15)13-25)24-20(26)14-3-2-4-17(9-14)23-19-11-21-7-8-22-19/h2-11H,12-13H2,1H3,(H,22,23)(H,24,26). The van der Waals surface area contributed by atoms with Crippen molar-refractivity contribution in [3.05, 3.63) is 77.7 Å². The number of amides is 1. The molecule has 2 aromatic carbocycles. The molecule has 1 aliphatic rings. The minimum absolute atomic E-state index is 0.140. The predicted octanol–water partition coefficient (Wildman–Crippen LogP) is 3.42. The molecule has 1 aliphatic heterocycles. The van der Waals surface area contributed by atoms with Crippen molar-refractivity contribution in [2.45, 2.75) is 13.1 Å². The minimum atomic E-state index is -0.140. The van der Waals surface area contributed by atoms with Gasteiger partial charge in [0.1, 0.15) is 5.82 Å². The predicted molar refractivity (Wildman–Crippen MR) is 101 cm³/mol. The van der Waals surface area contributed by atoms with E-state index in [-0.39, 0.29) is 5.91 Å². The van der Waals surface area contributed by atoms with Gasteiger partial charge in [-0.3, -0.25) is 14.7 Å². The second kappa shape index (κ2) is 6.93. The van der Waals surface area contributed by atoms with Crippen molar-refractivity contribution >= 4 is 23.1 Å². The van der Waals surface area contributed by atoms with E-state index in [9.17, 15) is 4.79 Å². The van der Waals surface area contributed by atoms with Gasteiger partial charge < -0.3 is 10.6 Å². The number of hydrogen-bond donors (Lipinski definition) is 2. The van der Waals surface area contributed by atoms with Crippen LogP contribution in [0.1, 0.15) is 21.5 Å². The Morgan fingerprint density at radius 3 is 2.77 bits per heavy atom. The molecule has 0 aliphatic carbocycles. The van der Waals surface area contributed by atoms with Crippen molar-refractivity contribution in [1.29, 1.82) is 0 Å². The van der Waals surface area contributed by atoms with Crippen LogP contribution in [0.2, 0.25) is 0 Å². The molecule has 0 bridgehead atoms. The molecule has 0 atom stereocenters. The zero-order valence-electron chi connectivity index (χ0n) is 14.4. The summed E-state index contributed by atoms with van der Waals surface area (Å²) >= 11 is 0. The summed E-state index contributed by atoms with van der Waals surface area (Å²) in [5.41, 5.74) is 4.77. The normalized spacial score (nSPS) is 13.3. The fourth-order valence-corrected chi connectivity index (χ4v) is 3.10. The lowest BCUT2D eigenvalue weighted by Gasteiger charge is -2.09. The minimum Gasteiger partial charge on any atom is -0.339 e. The first-order chi connectivity index (χ1) is 12.7. The van der Waals surface area contributed by atoms with Crippen LogP contribution in [0.5, 0.6) is 0 Å². The molecule has 1 aromatic heterocycles. The van der Waals surface area contributed by atoms with Crippen molar-refractivity contribution in [2.75, 3.05) is 17.7 Å². The molecule has 0 radical (unpaired) electrons. The highest BCUT2D eigenvalue weighted by molar-refractivity contribution is 6.04. The van der Waals surface area contributed by atoms with E-state index in [1.807, 2.05) is 18.2 Å². The van der Waals surface area contributed by atoms with Gasteiger partial charge in [0, 0.05) is 42.4 Å². The first-order valence-electron chi connectivity index (χ1n) is 8.42. The maximum atomic E-state index is 12.6. The number of aromatic nitrogens is 2. The molecule has 4 rings (SSSR count). The molecule has 0 saturated heterocycles. The van der Waals surface area contributed by atoms with Gasteiger partial charge in [-0.25, -0.2) is 4.98 Å². The molecule has 1 amide bonds. The van der Waals surface area contributed by atoms with Crippen LogP contribution in [-0.4, -0.2) is 27.8 Å². The highest BCUT2D eigenvalue weighted by atomic mass is 16.1. The first kappa shape index (κ1) is 16.2. The van der Waals surface area contributed by atoms with Crippen LogP contribution in [0.25, 0.3) is 0 Å². The third kappa shape index (κ3) is 3.55. The zero-order chi connectivity index (χ0) is 17.9. The summed E-state index contributed by atoms with van der Waals surface area (Å²) in [4.78, 5) is 23.1. The molecule has 3 aromatic rings. The highest BCUT2D eigenvalue weighted by Crippen LogP contribution is 2.25. The Morgan fingerprint density at radius 1 is 1.04 bits per heavy atom. The van der Waals surface area contributed by atoms with Crippen molar-refractivity contribution in [1.82, 2.24) is 14.9 Å². The van der Waals surface area contributed by atoms with E-state index in [1.54, 1.807) is 30.7 Å². The lowest BCUT2D eigenvalue weighted by molar-refractivity contribution is 0.102. The van der Waals surface area contributed by atoms with Crippen molar-refractivity contribution in [2.24, 2.45) is 0 Å². The van der Waals surface area contributed by atoms with Crippen LogP contribution in [0.4, 0.5) is 17.2 Å². The van der Waals surface area contributed by atoms with Crippen molar-refractivity contribution in [3.8, 4) is 0 Å². The average Bonchev–Trinajstić information content (AvgIpc) is 3.02. The molecule has 2 N–H and O–H groups in total. The third-order valence-electron chi connectivity index (χ3n) is 4.30. The topological polar surface area (TPSA) is 70.2 Å². The summed E-state index contributed by atoms with van der Waals surface area (Å²) in [5, 5.41) is 6.12.